The first-order valence-corrected chi connectivity index (χ1v) is 9.38. The molecule has 0 saturated heterocycles. The van der Waals surface area contributed by atoms with E-state index in [0.29, 0.717) is 0 Å². The molecule has 0 saturated carbocycles. The quantitative estimate of drug-likeness (QED) is 0.491. The van der Waals surface area contributed by atoms with Gasteiger partial charge in [-0.25, -0.2) is 4.98 Å². The van der Waals surface area contributed by atoms with E-state index in [9.17, 15) is 0 Å². The Morgan fingerprint density at radius 3 is 2.79 bits per heavy atom. The Balaban J connectivity index is 1.89. The van der Waals surface area contributed by atoms with Crippen molar-refractivity contribution in [1.82, 2.24) is 14.3 Å². The van der Waals surface area contributed by atoms with Crippen LogP contribution in [0.4, 0.5) is 0 Å². The highest BCUT2D eigenvalue weighted by molar-refractivity contribution is 7.97. The predicted molar refractivity (Wildman–Crippen MR) is 104 cm³/mol. The summed E-state index contributed by atoms with van der Waals surface area (Å²) < 4.78 is 2.10. The van der Waals surface area contributed by atoms with Crippen molar-refractivity contribution >= 4 is 34.3 Å². The summed E-state index contributed by atoms with van der Waals surface area (Å²) in [5.41, 5.74) is 5.80. The maximum atomic E-state index is 4.50. The van der Waals surface area contributed by atoms with E-state index in [0.717, 1.165) is 5.65 Å². The van der Waals surface area contributed by atoms with E-state index in [-0.39, 0.29) is 0 Å². The molecule has 3 heterocycles. The van der Waals surface area contributed by atoms with Crippen molar-refractivity contribution in [2.24, 2.45) is 0 Å². The summed E-state index contributed by atoms with van der Waals surface area (Å²) in [6.07, 6.45) is 3.93. The van der Waals surface area contributed by atoms with Crippen LogP contribution in [0.2, 0.25) is 0 Å². The normalized spacial score (nSPS) is 11.5. The number of nitrogens with one attached hydrogen (secondary N) is 1. The zero-order chi connectivity index (χ0) is 16.5. The molecule has 4 rings (SSSR count). The first-order chi connectivity index (χ1) is 11.7. The molecule has 0 amide bonds. The monoisotopic (exact) mass is 351 g/mol. The van der Waals surface area contributed by atoms with Gasteiger partial charge >= 0.3 is 0 Å². The van der Waals surface area contributed by atoms with Gasteiger partial charge in [-0.3, -0.25) is 4.31 Å². The van der Waals surface area contributed by atoms with Crippen LogP contribution in [0.3, 0.4) is 0 Å². The highest BCUT2D eigenvalue weighted by atomic mass is 32.2. The first-order valence-electron chi connectivity index (χ1n) is 7.67. The van der Waals surface area contributed by atoms with Gasteiger partial charge < -0.3 is 4.98 Å². The van der Waals surface area contributed by atoms with Crippen LogP contribution in [-0.4, -0.2) is 28.4 Å². The summed E-state index contributed by atoms with van der Waals surface area (Å²) in [6.45, 7) is 0. The third-order valence-electron chi connectivity index (χ3n) is 3.84. The van der Waals surface area contributed by atoms with Gasteiger partial charge in [0.2, 0.25) is 0 Å². The Bertz CT molecular complexity index is 971. The molecule has 24 heavy (non-hydrogen) atoms. The summed E-state index contributed by atoms with van der Waals surface area (Å²) >= 11 is 3.44. The van der Waals surface area contributed by atoms with Crippen LogP contribution in [0.25, 0.3) is 33.3 Å². The molecular weight excluding hydrogens is 334 g/mol. The van der Waals surface area contributed by atoms with E-state index < -0.39 is 0 Å². The average Bonchev–Trinajstić information content (AvgIpc) is 3.24. The van der Waals surface area contributed by atoms with Crippen LogP contribution >= 0.6 is 23.3 Å². The lowest BCUT2D eigenvalue weighted by molar-refractivity contribution is 0.703. The van der Waals surface area contributed by atoms with Gasteiger partial charge in [-0.1, -0.05) is 12.1 Å². The summed E-state index contributed by atoms with van der Waals surface area (Å²) in [5, 5.41) is 5.48. The molecule has 0 atom stereocenters. The number of aromatic amines is 1. The van der Waals surface area contributed by atoms with Crippen molar-refractivity contribution in [3.63, 3.8) is 0 Å². The molecule has 0 bridgehead atoms. The number of fused-ring (bicyclic) bond motifs is 1. The Morgan fingerprint density at radius 2 is 2.00 bits per heavy atom. The largest absolute Gasteiger partial charge is 0.345 e. The molecule has 3 nitrogen and oxygen atoms in total. The topological polar surface area (TPSA) is 31.9 Å². The van der Waals surface area contributed by atoms with E-state index in [1.54, 1.807) is 23.3 Å². The second-order valence-corrected chi connectivity index (χ2v) is 7.89. The van der Waals surface area contributed by atoms with E-state index in [2.05, 4.69) is 81.7 Å². The summed E-state index contributed by atoms with van der Waals surface area (Å²) in [7, 11) is 4.11. The number of aromatic nitrogens is 2. The molecule has 0 aliphatic heterocycles. The molecule has 0 aliphatic carbocycles. The van der Waals surface area contributed by atoms with Gasteiger partial charge in [0, 0.05) is 28.2 Å². The van der Waals surface area contributed by atoms with Gasteiger partial charge in [0.1, 0.15) is 5.65 Å². The Morgan fingerprint density at radius 1 is 1.08 bits per heavy atom. The smallest absolute Gasteiger partial charge is 0.138 e. The maximum Gasteiger partial charge on any atom is 0.138 e. The van der Waals surface area contributed by atoms with E-state index in [1.165, 1.54) is 32.5 Å². The fourth-order valence-corrected chi connectivity index (χ4v) is 4.27. The minimum atomic E-state index is 0.930. The Hall–Kier alpha value is -2.08. The van der Waals surface area contributed by atoms with Crippen molar-refractivity contribution in [1.29, 1.82) is 0 Å². The molecule has 0 unspecified atom stereocenters. The molecule has 0 radical (unpaired) electrons. The van der Waals surface area contributed by atoms with Gasteiger partial charge in [-0.2, -0.15) is 11.3 Å². The van der Waals surface area contributed by atoms with Crippen molar-refractivity contribution in [2.45, 2.75) is 4.90 Å². The molecule has 1 N–H and O–H groups in total. The van der Waals surface area contributed by atoms with Crippen molar-refractivity contribution in [3.8, 4) is 22.3 Å². The van der Waals surface area contributed by atoms with Gasteiger partial charge in [0.25, 0.3) is 0 Å². The fourth-order valence-electron chi connectivity index (χ4n) is 2.87. The average molecular weight is 352 g/mol. The summed E-state index contributed by atoms with van der Waals surface area (Å²) in [6, 6.07) is 12.9. The minimum absolute atomic E-state index is 0.930. The third kappa shape index (κ3) is 2.86. The summed E-state index contributed by atoms with van der Waals surface area (Å²) in [5.74, 6) is 0. The summed E-state index contributed by atoms with van der Waals surface area (Å²) in [4.78, 5) is 9.06. The molecule has 1 aromatic carbocycles. The number of hydrogen-bond acceptors (Lipinski definition) is 4. The van der Waals surface area contributed by atoms with Crippen molar-refractivity contribution in [2.75, 3.05) is 14.1 Å². The number of benzene rings is 1. The lowest BCUT2D eigenvalue weighted by Crippen LogP contribution is -1.98. The number of H-pyrrole nitrogens is 1. The lowest BCUT2D eigenvalue weighted by Gasteiger charge is -2.10. The fraction of sp³-hybridized carbons (Fsp3) is 0.105. The highest BCUT2D eigenvalue weighted by Crippen LogP contribution is 2.37. The zero-order valence-electron chi connectivity index (χ0n) is 13.5. The second-order valence-electron chi connectivity index (χ2n) is 5.73. The van der Waals surface area contributed by atoms with Crippen LogP contribution in [0, 0.1) is 0 Å². The van der Waals surface area contributed by atoms with E-state index in [1.807, 2.05) is 6.20 Å². The molecule has 5 heteroatoms. The van der Waals surface area contributed by atoms with Gasteiger partial charge in [0.15, 0.2) is 0 Å². The molecular formula is C19H17N3S2. The number of nitrogens with zero attached hydrogens (tertiary/aromatic N) is 2. The van der Waals surface area contributed by atoms with Crippen molar-refractivity contribution in [3.05, 3.63) is 59.6 Å². The van der Waals surface area contributed by atoms with E-state index >= 15 is 0 Å². The number of rotatable bonds is 4. The van der Waals surface area contributed by atoms with Crippen LogP contribution in [0.1, 0.15) is 0 Å². The van der Waals surface area contributed by atoms with Crippen LogP contribution in [0.5, 0.6) is 0 Å². The third-order valence-corrected chi connectivity index (χ3v) is 5.35. The van der Waals surface area contributed by atoms with Crippen molar-refractivity contribution < 1.29 is 0 Å². The van der Waals surface area contributed by atoms with Crippen LogP contribution in [-0.2, 0) is 0 Å². The van der Waals surface area contributed by atoms with Crippen LogP contribution in [0.15, 0.2) is 64.4 Å². The zero-order valence-corrected chi connectivity index (χ0v) is 15.1. The van der Waals surface area contributed by atoms with Gasteiger partial charge in [-0.15, -0.1) is 0 Å². The number of thiophene rings is 1. The van der Waals surface area contributed by atoms with E-state index in [4.69, 9.17) is 0 Å². The second kappa shape index (κ2) is 6.43. The number of hydrogen-bond donors (Lipinski definition) is 1. The minimum Gasteiger partial charge on any atom is -0.345 e. The molecule has 0 aliphatic rings. The SMILES string of the molecule is CN(C)Sc1cccc(-c2c[nH]c3nccc(-c4ccsc4)c23)c1. The highest BCUT2D eigenvalue weighted by Gasteiger charge is 2.13. The van der Waals surface area contributed by atoms with Crippen LogP contribution < -0.4 is 0 Å². The lowest BCUT2D eigenvalue weighted by atomic mass is 10.00. The first kappa shape index (κ1) is 15.4. The molecule has 0 spiro atoms. The molecule has 3 aromatic heterocycles. The Labute approximate surface area is 149 Å². The molecule has 4 aromatic rings. The Kier molecular flexibility index (Phi) is 4.14. The van der Waals surface area contributed by atoms with Gasteiger partial charge in [-0.05, 0) is 77.8 Å². The number of pyridine rings is 1. The van der Waals surface area contributed by atoms with Gasteiger partial charge in [0.05, 0.1) is 0 Å². The molecule has 0 fully saturated rings. The standard InChI is InChI=1S/C19H17N3S2/c1-22(2)24-15-5-3-4-13(10-15)17-11-21-19-18(17)16(6-8-20-19)14-7-9-23-12-14/h3-12H,1-2H3,(H,20,21). The maximum absolute atomic E-state index is 4.50. The molecule has 120 valence electrons. The predicted octanol–water partition coefficient (Wildman–Crippen LogP) is 5.53.